The minimum atomic E-state index is -0.764. The van der Waals surface area contributed by atoms with Gasteiger partial charge in [0.2, 0.25) is 0 Å². The number of carbonyl (C=O) groups excluding carboxylic acids is 1. The Kier molecular flexibility index (Phi) is 12.4. The van der Waals surface area contributed by atoms with Gasteiger partial charge >= 0.3 is 5.97 Å². The molecular weight excluding hydrogens is 477 g/mol. The Morgan fingerprint density at radius 1 is 1.09 bits per heavy atom. The molecule has 174 valence electrons. The van der Waals surface area contributed by atoms with Crippen LogP contribution in [-0.4, -0.2) is 29.5 Å². The van der Waals surface area contributed by atoms with E-state index in [0.717, 1.165) is 10.9 Å². The first-order chi connectivity index (χ1) is 13.9. The predicted molar refractivity (Wildman–Crippen MR) is 135 cm³/mol. The van der Waals surface area contributed by atoms with Crippen LogP contribution in [0.4, 0.5) is 0 Å². The highest BCUT2D eigenvalue weighted by molar-refractivity contribution is 5.86. The molecule has 11 heteroatoms. The van der Waals surface area contributed by atoms with Crippen LogP contribution in [0.25, 0.3) is 22.0 Å². The molecule has 2 aromatic carbocycles. The molecule has 0 amide bonds. The molecule has 0 radical (unpaired) electrons. The summed E-state index contributed by atoms with van der Waals surface area (Å²) in [4.78, 5) is 27.2. The van der Waals surface area contributed by atoms with Crippen LogP contribution in [0.1, 0.15) is 12.8 Å². The number of ether oxygens (including phenoxy) is 1. The Morgan fingerprint density at radius 2 is 1.75 bits per heavy atom. The van der Waals surface area contributed by atoms with E-state index in [-0.39, 0.29) is 48.7 Å². The Hall–Kier alpha value is -2.78. The maximum absolute atomic E-state index is 12.2. The summed E-state index contributed by atoms with van der Waals surface area (Å²) < 4.78 is 5.32. The van der Waals surface area contributed by atoms with E-state index in [9.17, 15) is 9.59 Å². The summed E-state index contributed by atoms with van der Waals surface area (Å²) in [7, 11) is 0. The topological polar surface area (TPSA) is 147 Å². The molecule has 0 fully saturated rings. The maximum atomic E-state index is 12.2. The lowest BCUT2D eigenvalue weighted by molar-refractivity contribution is -0.136. The molecule has 1 aromatic heterocycles. The predicted octanol–water partition coefficient (Wildman–Crippen LogP) is 2.96. The number of guanidine groups is 1. The molecule has 8 nitrogen and oxygen atoms in total. The first kappa shape index (κ1) is 29.2. The molecule has 0 spiro atoms. The molecule has 1 unspecified atom stereocenters. The standard InChI is InChI=1S/C21H23N5O3.3ClH/c22-17(6-3-11-25-21(23)24)20(28)29-15-9-7-13(8-10-15)18-12-14-4-1-2-5-16(14)19(27)26-18;;;/h1-2,4-5,7-10,12,17H,3,6,11,22H2,(H,26,27)(H4,23,24,25);3*1H. The van der Waals surface area contributed by atoms with E-state index in [2.05, 4.69) is 10.3 Å². The van der Waals surface area contributed by atoms with Gasteiger partial charge in [0.25, 0.3) is 5.56 Å². The van der Waals surface area contributed by atoms with E-state index in [1.807, 2.05) is 24.3 Å². The second-order valence-corrected chi connectivity index (χ2v) is 6.63. The van der Waals surface area contributed by atoms with Crippen molar-refractivity contribution in [2.24, 2.45) is 11.5 Å². The number of hydrogen-bond acceptors (Lipinski definition) is 5. The van der Waals surface area contributed by atoms with Gasteiger partial charge in [0, 0.05) is 17.6 Å². The highest BCUT2D eigenvalue weighted by atomic mass is 35.5. The van der Waals surface area contributed by atoms with Gasteiger partial charge in [-0.3, -0.25) is 10.2 Å². The normalized spacial score (nSPS) is 10.7. The van der Waals surface area contributed by atoms with Crippen LogP contribution in [0.2, 0.25) is 0 Å². The lowest BCUT2D eigenvalue weighted by Crippen LogP contribution is -2.36. The van der Waals surface area contributed by atoms with Crippen LogP contribution >= 0.6 is 37.2 Å². The largest absolute Gasteiger partial charge is 0.425 e. The number of benzene rings is 2. The first-order valence-electron chi connectivity index (χ1n) is 9.22. The van der Waals surface area contributed by atoms with Gasteiger partial charge in [-0.1, -0.05) is 18.2 Å². The van der Waals surface area contributed by atoms with E-state index in [1.54, 1.807) is 30.3 Å². The third kappa shape index (κ3) is 7.72. The molecule has 1 atom stereocenters. The number of esters is 1. The molecule has 7 N–H and O–H groups in total. The van der Waals surface area contributed by atoms with Crippen molar-refractivity contribution in [2.45, 2.75) is 18.9 Å². The van der Waals surface area contributed by atoms with Gasteiger partial charge < -0.3 is 26.5 Å². The molecule has 3 aromatic rings. The number of nitrogens with one attached hydrogen (secondary N) is 3. The zero-order valence-corrected chi connectivity index (χ0v) is 19.4. The number of aromatic nitrogens is 1. The second kappa shape index (κ2) is 13.6. The third-order valence-corrected chi connectivity index (χ3v) is 4.45. The van der Waals surface area contributed by atoms with Crippen LogP contribution in [0.5, 0.6) is 5.75 Å². The number of hydrogen-bond donors (Lipinski definition) is 5. The fraction of sp³-hybridized carbons (Fsp3) is 0.190. The lowest BCUT2D eigenvalue weighted by atomic mass is 10.1. The molecule has 0 aliphatic rings. The molecule has 32 heavy (non-hydrogen) atoms. The summed E-state index contributed by atoms with van der Waals surface area (Å²) >= 11 is 0. The number of H-pyrrole nitrogens is 1. The van der Waals surface area contributed by atoms with E-state index in [1.165, 1.54) is 0 Å². The Balaban J connectivity index is 0.00000320. The van der Waals surface area contributed by atoms with Crippen molar-refractivity contribution in [1.29, 1.82) is 5.41 Å². The molecule has 0 bridgehead atoms. The molecule has 0 aliphatic heterocycles. The minimum Gasteiger partial charge on any atom is -0.425 e. The monoisotopic (exact) mass is 501 g/mol. The van der Waals surface area contributed by atoms with Crippen LogP contribution in [0, 0.1) is 5.41 Å². The van der Waals surface area contributed by atoms with Crippen molar-refractivity contribution in [2.75, 3.05) is 6.54 Å². The number of aromatic amines is 1. The number of carbonyl (C=O) groups is 1. The van der Waals surface area contributed by atoms with Gasteiger partial charge in [-0.15, -0.1) is 37.2 Å². The molecule has 0 saturated heterocycles. The van der Waals surface area contributed by atoms with E-state index >= 15 is 0 Å². The van der Waals surface area contributed by atoms with Gasteiger partial charge in [-0.05, 0) is 60.2 Å². The van der Waals surface area contributed by atoms with Crippen molar-refractivity contribution in [3.05, 3.63) is 65.0 Å². The van der Waals surface area contributed by atoms with E-state index in [0.29, 0.717) is 36.2 Å². The zero-order chi connectivity index (χ0) is 20.8. The quantitative estimate of drug-likeness (QED) is 0.110. The van der Waals surface area contributed by atoms with Crippen LogP contribution in [0.15, 0.2) is 59.4 Å². The lowest BCUT2D eigenvalue weighted by Gasteiger charge is -2.12. The fourth-order valence-corrected chi connectivity index (χ4v) is 2.92. The Labute approximate surface area is 203 Å². The average Bonchev–Trinajstić information content (AvgIpc) is 2.71. The molecule has 0 aliphatic carbocycles. The highest BCUT2D eigenvalue weighted by Crippen LogP contribution is 2.22. The Bertz CT molecular complexity index is 1090. The van der Waals surface area contributed by atoms with Gasteiger partial charge in [-0.25, -0.2) is 4.79 Å². The maximum Gasteiger partial charge on any atom is 0.328 e. The molecule has 3 rings (SSSR count). The van der Waals surface area contributed by atoms with E-state index in [4.69, 9.17) is 21.6 Å². The summed E-state index contributed by atoms with van der Waals surface area (Å²) in [6.07, 6.45) is 1.000. The first-order valence-corrected chi connectivity index (χ1v) is 9.22. The third-order valence-electron chi connectivity index (χ3n) is 4.45. The Morgan fingerprint density at radius 3 is 2.41 bits per heavy atom. The number of nitrogens with two attached hydrogens (primary N) is 2. The van der Waals surface area contributed by atoms with Crippen molar-refractivity contribution >= 4 is 59.9 Å². The molecule has 0 saturated carbocycles. The van der Waals surface area contributed by atoms with Crippen LogP contribution in [0.3, 0.4) is 0 Å². The number of halogens is 3. The van der Waals surface area contributed by atoms with Crippen molar-refractivity contribution in [1.82, 2.24) is 10.3 Å². The van der Waals surface area contributed by atoms with Crippen LogP contribution in [-0.2, 0) is 4.79 Å². The van der Waals surface area contributed by atoms with Crippen molar-refractivity contribution in [3.63, 3.8) is 0 Å². The number of pyridine rings is 1. The summed E-state index contributed by atoms with van der Waals surface area (Å²) in [5, 5.41) is 11.2. The van der Waals surface area contributed by atoms with Crippen LogP contribution < -0.4 is 27.1 Å². The SMILES string of the molecule is Cl.Cl.Cl.N=C(N)NCCCC(N)C(=O)Oc1ccc(-c2cc3ccccc3c(=O)[nH]2)cc1. The summed E-state index contributed by atoms with van der Waals surface area (Å²) in [6.45, 7) is 0.467. The molecular formula is C21H26Cl3N5O3. The zero-order valence-electron chi connectivity index (χ0n) is 17.0. The summed E-state index contributed by atoms with van der Waals surface area (Å²) in [5.74, 6) is -0.270. The van der Waals surface area contributed by atoms with Gasteiger partial charge in [0.1, 0.15) is 11.8 Å². The summed E-state index contributed by atoms with van der Waals surface area (Å²) in [6, 6.07) is 15.4. The van der Waals surface area contributed by atoms with E-state index < -0.39 is 12.0 Å². The summed E-state index contributed by atoms with van der Waals surface area (Å²) in [5.41, 5.74) is 12.4. The number of rotatable bonds is 7. The average molecular weight is 503 g/mol. The second-order valence-electron chi connectivity index (χ2n) is 6.63. The minimum absolute atomic E-state index is 0. The van der Waals surface area contributed by atoms with Gasteiger partial charge in [-0.2, -0.15) is 0 Å². The fourth-order valence-electron chi connectivity index (χ4n) is 2.92. The molecule has 1 heterocycles. The van der Waals surface area contributed by atoms with Gasteiger partial charge in [0.05, 0.1) is 0 Å². The smallest absolute Gasteiger partial charge is 0.328 e. The highest BCUT2D eigenvalue weighted by Gasteiger charge is 2.15. The van der Waals surface area contributed by atoms with Crippen molar-refractivity contribution < 1.29 is 9.53 Å². The number of fused-ring (bicyclic) bond motifs is 1. The van der Waals surface area contributed by atoms with Gasteiger partial charge in [0.15, 0.2) is 5.96 Å². The van der Waals surface area contributed by atoms with Crippen molar-refractivity contribution in [3.8, 4) is 17.0 Å².